The van der Waals surface area contributed by atoms with Gasteiger partial charge in [-0.1, -0.05) is 11.6 Å². The van der Waals surface area contributed by atoms with Crippen molar-refractivity contribution >= 4 is 17.5 Å². The number of aliphatic hydroxyl groups is 1. The van der Waals surface area contributed by atoms with Gasteiger partial charge < -0.3 is 10.4 Å². The van der Waals surface area contributed by atoms with E-state index in [1.807, 2.05) is 32.9 Å². The van der Waals surface area contributed by atoms with Crippen LogP contribution in [0.15, 0.2) is 24.3 Å². The number of rotatable bonds is 5. The number of carbonyl (C=O) groups is 1. The molecular weight excluding hydrogens is 302 g/mol. The second-order valence-corrected chi connectivity index (χ2v) is 5.71. The molecule has 0 aliphatic rings. The van der Waals surface area contributed by atoms with Crippen molar-refractivity contribution in [3.05, 3.63) is 46.2 Å². The minimum absolute atomic E-state index is 0.0546. The van der Waals surface area contributed by atoms with Gasteiger partial charge in [-0.25, -0.2) is 4.68 Å². The van der Waals surface area contributed by atoms with Crippen molar-refractivity contribution in [1.29, 1.82) is 0 Å². The van der Waals surface area contributed by atoms with Crippen LogP contribution < -0.4 is 5.32 Å². The molecule has 0 bridgehead atoms. The van der Waals surface area contributed by atoms with E-state index in [0.29, 0.717) is 17.0 Å². The summed E-state index contributed by atoms with van der Waals surface area (Å²) in [6.07, 6.45) is 0.536. The maximum atomic E-state index is 12.1. The Morgan fingerprint density at radius 1 is 1.36 bits per heavy atom. The van der Waals surface area contributed by atoms with E-state index in [2.05, 4.69) is 10.4 Å². The molecule has 0 saturated heterocycles. The van der Waals surface area contributed by atoms with Gasteiger partial charge in [-0.05, 0) is 51.5 Å². The molecule has 1 aromatic heterocycles. The zero-order chi connectivity index (χ0) is 16.3. The lowest BCUT2D eigenvalue weighted by molar-refractivity contribution is 0.0934. The summed E-state index contributed by atoms with van der Waals surface area (Å²) in [5.74, 6) is -0.154. The van der Waals surface area contributed by atoms with Crippen LogP contribution in [0, 0.1) is 13.8 Å². The zero-order valence-corrected chi connectivity index (χ0v) is 13.7. The molecule has 6 heteroatoms. The molecule has 0 radical (unpaired) electrons. The molecule has 0 aliphatic heterocycles. The van der Waals surface area contributed by atoms with Crippen molar-refractivity contribution in [2.75, 3.05) is 6.61 Å². The lowest BCUT2D eigenvalue weighted by Crippen LogP contribution is -2.33. The number of hydrogen-bond donors (Lipinski definition) is 2. The first kappa shape index (κ1) is 16.5. The van der Waals surface area contributed by atoms with Gasteiger partial charge in [-0.2, -0.15) is 5.10 Å². The Bertz CT molecular complexity index is 665. The number of carbonyl (C=O) groups excluding carboxylic acids is 1. The standard InChI is InChI=1S/C16H20ClN3O2/c1-10(8-9-21)18-16(22)13-4-6-14(7-5-13)20-12(3)15(17)11(2)19-20/h4-7,10,21H,8-9H2,1-3H3,(H,18,22). The molecule has 1 aromatic carbocycles. The molecule has 2 aromatic rings. The van der Waals surface area contributed by atoms with Crippen LogP contribution in [0.4, 0.5) is 0 Å². The van der Waals surface area contributed by atoms with Crippen molar-refractivity contribution in [3.8, 4) is 5.69 Å². The van der Waals surface area contributed by atoms with Crippen LogP contribution in [0.5, 0.6) is 0 Å². The minimum Gasteiger partial charge on any atom is -0.396 e. The van der Waals surface area contributed by atoms with Crippen LogP contribution in [-0.2, 0) is 0 Å². The number of nitrogens with one attached hydrogen (secondary N) is 1. The fourth-order valence-electron chi connectivity index (χ4n) is 2.20. The van der Waals surface area contributed by atoms with Crippen molar-refractivity contribution in [2.24, 2.45) is 0 Å². The normalized spacial score (nSPS) is 12.2. The third-order valence-corrected chi connectivity index (χ3v) is 4.06. The fraction of sp³-hybridized carbons (Fsp3) is 0.375. The highest BCUT2D eigenvalue weighted by molar-refractivity contribution is 6.31. The average molecular weight is 322 g/mol. The number of aliphatic hydroxyl groups excluding tert-OH is 1. The lowest BCUT2D eigenvalue weighted by atomic mass is 10.1. The van der Waals surface area contributed by atoms with E-state index in [1.54, 1.807) is 16.8 Å². The number of amides is 1. The Hall–Kier alpha value is -1.85. The van der Waals surface area contributed by atoms with Gasteiger partial charge in [0.05, 0.1) is 22.1 Å². The number of aryl methyl sites for hydroxylation is 1. The van der Waals surface area contributed by atoms with E-state index >= 15 is 0 Å². The molecule has 2 rings (SSSR count). The van der Waals surface area contributed by atoms with Gasteiger partial charge in [0.1, 0.15) is 0 Å². The van der Waals surface area contributed by atoms with Gasteiger partial charge in [0.15, 0.2) is 0 Å². The molecule has 2 N–H and O–H groups in total. The summed E-state index contributed by atoms with van der Waals surface area (Å²) in [5.41, 5.74) is 3.07. The number of halogens is 1. The summed E-state index contributed by atoms with van der Waals surface area (Å²) in [6, 6.07) is 7.11. The first-order valence-corrected chi connectivity index (χ1v) is 7.55. The third-order valence-electron chi connectivity index (χ3n) is 3.52. The fourth-order valence-corrected chi connectivity index (χ4v) is 2.32. The van der Waals surface area contributed by atoms with E-state index in [-0.39, 0.29) is 18.6 Å². The summed E-state index contributed by atoms with van der Waals surface area (Å²) in [7, 11) is 0. The molecule has 0 aliphatic carbocycles. The first-order chi connectivity index (χ1) is 10.4. The third kappa shape index (κ3) is 3.48. The van der Waals surface area contributed by atoms with E-state index in [4.69, 9.17) is 16.7 Å². The molecule has 1 atom stereocenters. The van der Waals surface area contributed by atoms with Gasteiger partial charge in [0, 0.05) is 18.2 Å². The number of aromatic nitrogens is 2. The van der Waals surface area contributed by atoms with Crippen LogP contribution in [0.25, 0.3) is 5.69 Å². The topological polar surface area (TPSA) is 67.2 Å². The molecule has 0 saturated carbocycles. The smallest absolute Gasteiger partial charge is 0.251 e. The number of hydrogen-bond acceptors (Lipinski definition) is 3. The van der Waals surface area contributed by atoms with Crippen LogP contribution in [0.3, 0.4) is 0 Å². The van der Waals surface area contributed by atoms with Crippen LogP contribution in [-0.4, -0.2) is 33.4 Å². The molecule has 0 spiro atoms. The van der Waals surface area contributed by atoms with E-state index in [1.165, 1.54) is 0 Å². The molecular formula is C16H20ClN3O2. The minimum atomic E-state index is -0.154. The Balaban J connectivity index is 2.16. The average Bonchev–Trinajstić information content (AvgIpc) is 2.75. The lowest BCUT2D eigenvalue weighted by Gasteiger charge is -2.12. The van der Waals surface area contributed by atoms with Crippen molar-refractivity contribution in [2.45, 2.75) is 33.2 Å². The highest BCUT2D eigenvalue weighted by Crippen LogP contribution is 2.22. The number of benzene rings is 1. The second kappa shape index (κ2) is 6.94. The van der Waals surface area contributed by atoms with E-state index in [9.17, 15) is 4.79 Å². The largest absolute Gasteiger partial charge is 0.396 e. The molecule has 1 amide bonds. The van der Waals surface area contributed by atoms with Gasteiger partial charge in [-0.3, -0.25) is 4.79 Å². The van der Waals surface area contributed by atoms with E-state index in [0.717, 1.165) is 17.1 Å². The zero-order valence-electron chi connectivity index (χ0n) is 12.9. The molecule has 1 heterocycles. The van der Waals surface area contributed by atoms with Crippen LogP contribution >= 0.6 is 11.6 Å². The first-order valence-electron chi connectivity index (χ1n) is 7.18. The Kier molecular flexibility index (Phi) is 5.21. The molecule has 1 unspecified atom stereocenters. The van der Waals surface area contributed by atoms with Crippen LogP contribution in [0.1, 0.15) is 35.1 Å². The Morgan fingerprint density at radius 2 is 2.00 bits per heavy atom. The summed E-state index contributed by atoms with van der Waals surface area (Å²) < 4.78 is 1.76. The van der Waals surface area contributed by atoms with Crippen molar-refractivity contribution in [1.82, 2.24) is 15.1 Å². The van der Waals surface area contributed by atoms with Crippen molar-refractivity contribution in [3.63, 3.8) is 0 Å². The summed E-state index contributed by atoms with van der Waals surface area (Å²) in [6.45, 7) is 5.68. The Morgan fingerprint density at radius 3 is 2.50 bits per heavy atom. The molecule has 22 heavy (non-hydrogen) atoms. The maximum Gasteiger partial charge on any atom is 0.251 e. The SMILES string of the molecule is Cc1nn(-c2ccc(C(=O)NC(C)CCO)cc2)c(C)c1Cl. The molecule has 5 nitrogen and oxygen atoms in total. The maximum absolute atomic E-state index is 12.1. The van der Waals surface area contributed by atoms with Crippen molar-refractivity contribution < 1.29 is 9.90 Å². The predicted molar refractivity (Wildman–Crippen MR) is 86.7 cm³/mol. The number of nitrogens with zero attached hydrogens (tertiary/aromatic N) is 2. The monoisotopic (exact) mass is 321 g/mol. The van der Waals surface area contributed by atoms with Crippen LogP contribution in [0.2, 0.25) is 5.02 Å². The van der Waals surface area contributed by atoms with Gasteiger partial charge >= 0.3 is 0 Å². The van der Waals surface area contributed by atoms with Gasteiger partial charge in [0.25, 0.3) is 5.91 Å². The predicted octanol–water partition coefficient (Wildman–Crippen LogP) is 2.64. The summed E-state index contributed by atoms with van der Waals surface area (Å²) in [4.78, 5) is 12.1. The summed E-state index contributed by atoms with van der Waals surface area (Å²) in [5, 5.41) is 16.7. The summed E-state index contributed by atoms with van der Waals surface area (Å²) >= 11 is 6.15. The second-order valence-electron chi connectivity index (χ2n) is 5.33. The quantitative estimate of drug-likeness (QED) is 0.889. The highest BCUT2D eigenvalue weighted by Gasteiger charge is 2.12. The van der Waals surface area contributed by atoms with Gasteiger partial charge in [-0.15, -0.1) is 0 Å². The molecule has 118 valence electrons. The van der Waals surface area contributed by atoms with E-state index < -0.39 is 0 Å². The highest BCUT2D eigenvalue weighted by atomic mass is 35.5. The van der Waals surface area contributed by atoms with Gasteiger partial charge in [0.2, 0.25) is 0 Å². The molecule has 0 fully saturated rings. The Labute approximate surface area is 134 Å².